The van der Waals surface area contributed by atoms with Gasteiger partial charge in [0, 0.05) is 19.8 Å². The van der Waals surface area contributed by atoms with E-state index in [-0.39, 0.29) is 6.10 Å². The number of aliphatic hydroxyl groups is 1. The first kappa shape index (κ1) is 17.0. The molecule has 1 saturated heterocycles. The highest BCUT2D eigenvalue weighted by Gasteiger charge is 2.26. The van der Waals surface area contributed by atoms with E-state index in [0.29, 0.717) is 12.5 Å². The summed E-state index contributed by atoms with van der Waals surface area (Å²) in [7, 11) is 1.98. The Balaban J connectivity index is 1.53. The lowest BCUT2D eigenvalue weighted by molar-refractivity contribution is 0.0561. The number of aryl methyl sites for hydroxylation is 1. The van der Waals surface area contributed by atoms with Gasteiger partial charge in [-0.2, -0.15) is 5.10 Å². The van der Waals surface area contributed by atoms with Crippen LogP contribution in [0.2, 0.25) is 0 Å². The van der Waals surface area contributed by atoms with E-state index in [0.717, 1.165) is 43.8 Å². The van der Waals surface area contributed by atoms with Crippen molar-refractivity contribution in [2.75, 3.05) is 19.7 Å². The maximum atomic E-state index is 10.7. The largest absolute Gasteiger partial charge is 0.494 e. The minimum atomic E-state index is -0.389. The molecule has 130 valence electrons. The van der Waals surface area contributed by atoms with Gasteiger partial charge in [-0.3, -0.25) is 9.58 Å². The van der Waals surface area contributed by atoms with Gasteiger partial charge in [0.15, 0.2) is 0 Å². The topological polar surface area (TPSA) is 50.5 Å². The number of benzene rings is 1. The highest BCUT2D eigenvalue weighted by molar-refractivity contribution is 5.28. The molecule has 1 fully saturated rings. The van der Waals surface area contributed by atoms with Gasteiger partial charge in [0.2, 0.25) is 0 Å². The van der Waals surface area contributed by atoms with Crippen molar-refractivity contribution >= 4 is 0 Å². The van der Waals surface area contributed by atoms with Crippen molar-refractivity contribution in [2.45, 2.75) is 32.4 Å². The van der Waals surface area contributed by atoms with E-state index in [9.17, 15) is 5.11 Å². The van der Waals surface area contributed by atoms with Crippen LogP contribution in [0.25, 0.3) is 0 Å². The molecule has 1 aliphatic rings. The summed E-state index contributed by atoms with van der Waals surface area (Å²) < 4.78 is 7.40. The Morgan fingerprint density at radius 3 is 2.50 bits per heavy atom. The SMILES string of the molecule is CCOc1ccc(C(O)C2CCN(Cc3ccnn3C)CC2)cc1. The van der Waals surface area contributed by atoms with E-state index in [4.69, 9.17) is 4.74 Å². The predicted octanol–water partition coefficient (Wildman–Crippen LogP) is 2.76. The van der Waals surface area contributed by atoms with E-state index in [1.165, 1.54) is 5.69 Å². The zero-order chi connectivity index (χ0) is 16.9. The third-order valence-corrected chi connectivity index (χ3v) is 4.92. The van der Waals surface area contributed by atoms with E-state index < -0.39 is 0 Å². The fraction of sp³-hybridized carbons (Fsp3) is 0.526. The standard InChI is InChI=1S/C19H27N3O2/c1-3-24-18-6-4-15(5-7-18)19(23)16-9-12-22(13-10-16)14-17-8-11-20-21(17)2/h4-8,11,16,19,23H,3,9-10,12-14H2,1-2H3. The second-order valence-electron chi connectivity index (χ2n) is 6.51. The van der Waals surface area contributed by atoms with Crippen LogP contribution in [0.5, 0.6) is 5.75 Å². The number of aromatic nitrogens is 2. The number of rotatable bonds is 6. The first-order valence-corrected chi connectivity index (χ1v) is 8.77. The van der Waals surface area contributed by atoms with Crippen LogP contribution in [0.4, 0.5) is 0 Å². The lowest BCUT2D eigenvalue weighted by Crippen LogP contribution is -2.35. The van der Waals surface area contributed by atoms with Crippen LogP contribution in [0, 0.1) is 5.92 Å². The Kier molecular flexibility index (Phi) is 5.53. The van der Waals surface area contributed by atoms with Crippen LogP contribution in [0.3, 0.4) is 0 Å². The van der Waals surface area contributed by atoms with Crippen LogP contribution in [-0.4, -0.2) is 39.5 Å². The molecule has 1 aliphatic heterocycles. The monoisotopic (exact) mass is 329 g/mol. The van der Waals surface area contributed by atoms with Gasteiger partial charge in [-0.05, 0) is 62.5 Å². The van der Waals surface area contributed by atoms with Crippen LogP contribution in [0.15, 0.2) is 36.5 Å². The molecule has 2 heterocycles. The molecule has 3 rings (SSSR count). The third-order valence-electron chi connectivity index (χ3n) is 4.92. The van der Waals surface area contributed by atoms with Crippen LogP contribution in [0.1, 0.15) is 37.1 Å². The van der Waals surface area contributed by atoms with Gasteiger partial charge in [-0.1, -0.05) is 12.1 Å². The van der Waals surface area contributed by atoms with E-state index in [1.807, 2.05) is 49.1 Å². The molecule has 0 amide bonds. The fourth-order valence-electron chi connectivity index (χ4n) is 3.41. The molecule has 0 saturated carbocycles. The summed E-state index contributed by atoms with van der Waals surface area (Å²) in [4.78, 5) is 2.44. The van der Waals surface area contributed by atoms with Crippen molar-refractivity contribution in [1.29, 1.82) is 0 Å². The van der Waals surface area contributed by atoms with Crippen molar-refractivity contribution in [3.63, 3.8) is 0 Å². The maximum absolute atomic E-state index is 10.7. The highest BCUT2D eigenvalue weighted by Crippen LogP contribution is 2.31. The Hall–Kier alpha value is -1.85. The van der Waals surface area contributed by atoms with Crippen molar-refractivity contribution in [3.8, 4) is 5.75 Å². The minimum Gasteiger partial charge on any atom is -0.494 e. The van der Waals surface area contributed by atoms with Crippen molar-refractivity contribution in [2.24, 2.45) is 13.0 Å². The second-order valence-corrected chi connectivity index (χ2v) is 6.51. The average Bonchev–Trinajstić information content (AvgIpc) is 3.01. The van der Waals surface area contributed by atoms with Gasteiger partial charge >= 0.3 is 0 Å². The van der Waals surface area contributed by atoms with Crippen LogP contribution in [-0.2, 0) is 13.6 Å². The molecule has 1 aromatic carbocycles. The summed E-state index contributed by atoms with van der Waals surface area (Å²) in [6.45, 7) is 5.61. The lowest BCUT2D eigenvalue weighted by atomic mass is 9.87. The Bertz CT molecular complexity index is 630. The summed E-state index contributed by atoms with van der Waals surface area (Å²) in [5, 5.41) is 14.9. The van der Waals surface area contributed by atoms with Gasteiger partial charge < -0.3 is 9.84 Å². The fourth-order valence-corrected chi connectivity index (χ4v) is 3.41. The molecule has 24 heavy (non-hydrogen) atoms. The lowest BCUT2D eigenvalue weighted by Gasteiger charge is -2.34. The number of ether oxygens (including phenoxy) is 1. The molecular weight excluding hydrogens is 302 g/mol. The number of hydrogen-bond donors (Lipinski definition) is 1. The quantitative estimate of drug-likeness (QED) is 0.885. The summed E-state index contributed by atoms with van der Waals surface area (Å²) in [5.41, 5.74) is 2.23. The van der Waals surface area contributed by atoms with Gasteiger partial charge in [-0.15, -0.1) is 0 Å². The van der Waals surface area contributed by atoms with E-state index in [1.54, 1.807) is 0 Å². The zero-order valence-corrected chi connectivity index (χ0v) is 14.6. The Labute approximate surface area is 143 Å². The van der Waals surface area contributed by atoms with Crippen molar-refractivity contribution in [1.82, 2.24) is 14.7 Å². The number of likely N-dealkylation sites (tertiary alicyclic amines) is 1. The van der Waals surface area contributed by atoms with Gasteiger partial charge in [-0.25, -0.2) is 0 Å². The molecule has 5 heteroatoms. The van der Waals surface area contributed by atoms with Crippen molar-refractivity contribution < 1.29 is 9.84 Å². The highest BCUT2D eigenvalue weighted by atomic mass is 16.5. The normalized spacial score (nSPS) is 17.8. The molecule has 0 aliphatic carbocycles. The summed E-state index contributed by atoms with van der Waals surface area (Å²) >= 11 is 0. The molecule has 0 bridgehead atoms. The molecule has 1 N–H and O–H groups in total. The molecule has 5 nitrogen and oxygen atoms in total. The molecular formula is C19H27N3O2. The molecule has 1 atom stereocenters. The summed E-state index contributed by atoms with van der Waals surface area (Å²) in [5.74, 6) is 1.19. The molecule has 2 aromatic rings. The molecule has 0 spiro atoms. The number of aliphatic hydroxyl groups excluding tert-OH is 1. The Morgan fingerprint density at radius 2 is 1.92 bits per heavy atom. The predicted molar refractivity (Wildman–Crippen MR) is 93.8 cm³/mol. The van der Waals surface area contributed by atoms with Gasteiger partial charge in [0.05, 0.1) is 18.4 Å². The molecule has 1 aromatic heterocycles. The summed E-state index contributed by atoms with van der Waals surface area (Å²) in [6, 6.07) is 9.93. The minimum absolute atomic E-state index is 0.325. The first-order chi connectivity index (χ1) is 11.7. The van der Waals surface area contributed by atoms with Crippen LogP contribution < -0.4 is 4.74 Å². The van der Waals surface area contributed by atoms with E-state index in [2.05, 4.69) is 16.1 Å². The van der Waals surface area contributed by atoms with Gasteiger partial charge in [0.1, 0.15) is 5.75 Å². The smallest absolute Gasteiger partial charge is 0.119 e. The Morgan fingerprint density at radius 1 is 1.21 bits per heavy atom. The third kappa shape index (κ3) is 3.97. The molecule has 0 radical (unpaired) electrons. The maximum Gasteiger partial charge on any atom is 0.119 e. The van der Waals surface area contributed by atoms with Gasteiger partial charge in [0.25, 0.3) is 0 Å². The number of nitrogens with zero attached hydrogens (tertiary/aromatic N) is 3. The number of piperidine rings is 1. The average molecular weight is 329 g/mol. The van der Waals surface area contributed by atoms with E-state index >= 15 is 0 Å². The van der Waals surface area contributed by atoms with Crippen molar-refractivity contribution in [3.05, 3.63) is 47.8 Å². The number of hydrogen-bond acceptors (Lipinski definition) is 4. The van der Waals surface area contributed by atoms with Crippen LogP contribution >= 0.6 is 0 Å². The molecule has 1 unspecified atom stereocenters. The summed E-state index contributed by atoms with van der Waals surface area (Å²) in [6.07, 6.45) is 3.50. The second kappa shape index (κ2) is 7.81. The first-order valence-electron chi connectivity index (χ1n) is 8.77. The zero-order valence-electron chi connectivity index (χ0n) is 14.6.